The quantitative estimate of drug-likeness (QED) is 0.623. The molecule has 0 radical (unpaired) electrons. The van der Waals surface area contributed by atoms with Crippen LogP contribution >= 0.6 is 23.2 Å². The molecule has 0 saturated heterocycles. The molecule has 0 fully saturated rings. The lowest BCUT2D eigenvalue weighted by Gasteiger charge is -2.09. The van der Waals surface area contributed by atoms with Crippen molar-refractivity contribution in [2.45, 2.75) is 19.8 Å². The number of hydrogen-bond donors (Lipinski definition) is 0. The van der Waals surface area contributed by atoms with Gasteiger partial charge in [-0.05, 0) is 23.6 Å². The van der Waals surface area contributed by atoms with E-state index in [2.05, 4.69) is 13.8 Å². The lowest BCUT2D eigenvalue weighted by molar-refractivity contribution is 0.867. The van der Waals surface area contributed by atoms with E-state index in [0.717, 1.165) is 15.6 Å². The van der Waals surface area contributed by atoms with Crippen molar-refractivity contribution < 1.29 is 0 Å². The molecule has 0 aromatic heterocycles. The Hall–Kier alpha value is -0.200. The fraction of sp³-hybridized carbons (Fsp3) is 0.333. The van der Waals surface area contributed by atoms with Crippen molar-refractivity contribution >= 4 is 23.2 Å². The highest BCUT2D eigenvalue weighted by Crippen LogP contribution is 2.30. The first kappa shape index (κ1) is 8.89. The molecule has 0 nitrogen and oxygen atoms in total. The Morgan fingerprint density at radius 3 is 1.82 bits per heavy atom. The third-order valence-electron chi connectivity index (χ3n) is 1.58. The van der Waals surface area contributed by atoms with E-state index in [0.29, 0.717) is 5.92 Å². The number of benzene rings is 1. The van der Waals surface area contributed by atoms with Gasteiger partial charge in [0.2, 0.25) is 0 Å². The average molecular weight is 189 g/mol. The van der Waals surface area contributed by atoms with Crippen molar-refractivity contribution in [1.29, 1.82) is 0 Å². The van der Waals surface area contributed by atoms with Gasteiger partial charge in [0, 0.05) is 10.0 Å². The van der Waals surface area contributed by atoms with E-state index in [-0.39, 0.29) is 0 Å². The Morgan fingerprint density at radius 1 is 1.09 bits per heavy atom. The van der Waals surface area contributed by atoms with Crippen LogP contribution < -0.4 is 0 Å². The van der Waals surface area contributed by atoms with Crippen LogP contribution in [-0.2, 0) is 0 Å². The molecule has 60 valence electrons. The second-order valence-electron chi connectivity index (χ2n) is 2.79. The van der Waals surface area contributed by atoms with Crippen molar-refractivity contribution in [3.05, 3.63) is 33.8 Å². The Balaban J connectivity index is 3.21. The van der Waals surface area contributed by atoms with Crippen LogP contribution in [0.5, 0.6) is 0 Å². The fourth-order valence-corrected chi connectivity index (χ4v) is 1.90. The second-order valence-corrected chi connectivity index (χ2v) is 3.60. The minimum Gasteiger partial charge on any atom is -0.0840 e. The molecule has 0 heterocycles. The van der Waals surface area contributed by atoms with E-state index in [1.54, 1.807) is 0 Å². The topological polar surface area (TPSA) is 0 Å². The van der Waals surface area contributed by atoms with Gasteiger partial charge >= 0.3 is 0 Å². The largest absolute Gasteiger partial charge is 0.0840 e. The first-order valence-electron chi connectivity index (χ1n) is 3.57. The molecule has 0 unspecified atom stereocenters. The molecule has 1 aromatic rings. The summed E-state index contributed by atoms with van der Waals surface area (Å²) in [4.78, 5) is 0. The molecule has 0 saturated carbocycles. The summed E-state index contributed by atoms with van der Waals surface area (Å²) in [5.74, 6) is 0.385. The number of rotatable bonds is 1. The van der Waals surface area contributed by atoms with Gasteiger partial charge in [0.05, 0.1) is 0 Å². The standard InChI is InChI=1S/C9H10Cl2/c1-6(2)9-7(10)4-3-5-8(9)11/h3-6H,1-2H3. The van der Waals surface area contributed by atoms with Crippen molar-refractivity contribution in [2.24, 2.45) is 0 Å². The zero-order valence-electron chi connectivity index (χ0n) is 6.57. The fourth-order valence-electron chi connectivity index (χ4n) is 1.06. The predicted octanol–water partition coefficient (Wildman–Crippen LogP) is 4.12. The van der Waals surface area contributed by atoms with Gasteiger partial charge in [-0.15, -0.1) is 0 Å². The van der Waals surface area contributed by atoms with E-state index < -0.39 is 0 Å². The Labute approximate surface area is 77.1 Å². The summed E-state index contributed by atoms with van der Waals surface area (Å²) >= 11 is 11.9. The summed E-state index contributed by atoms with van der Waals surface area (Å²) in [7, 11) is 0. The smallest absolute Gasteiger partial charge is 0.0455 e. The van der Waals surface area contributed by atoms with Gasteiger partial charge in [0.25, 0.3) is 0 Å². The molecule has 0 bridgehead atoms. The first-order chi connectivity index (χ1) is 5.13. The molecule has 1 rings (SSSR count). The number of halogens is 2. The minimum absolute atomic E-state index is 0.385. The molecule has 1 aromatic carbocycles. The molecule has 0 spiro atoms. The van der Waals surface area contributed by atoms with Crippen LogP contribution in [0.1, 0.15) is 25.3 Å². The summed E-state index contributed by atoms with van der Waals surface area (Å²) in [5.41, 5.74) is 1.04. The van der Waals surface area contributed by atoms with Crippen molar-refractivity contribution in [2.75, 3.05) is 0 Å². The summed E-state index contributed by atoms with van der Waals surface area (Å²) in [6.45, 7) is 4.15. The van der Waals surface area contributed by atoms with Gasteiger partial charge in [-0.2, -0.15) is 0 Å². The maximum atomic E-state index is 5.94. The highest BCUT2D eigenvalue weighted by molar-refractivity contribution is 6.36. The third kappa shape index (κ3) is 1.88. The predicted molar refractivity (Wildman–Crippen MR) is 50.6 cm³/mol. The van der Waals surface area contributed by atoms with Crippen molar-refractivity contribution in [3.63, 3.8) is 0 Å². The van der Waals surface area contributed by atoms with Gasteiger partial charge in [-0.1, -0.05) is 43.1 Å². The van der Waals surface area contributed by atoms with Crippen LogP contribution in [0.25, 0.3) is 0 Å². The van der Waals surface area contributed by atoms with Crippen LogP contribution in [0.15, 0.2) is 18.2 Å². The van der Waals surface area contributed by atoms with Crippen LogP contribution in [0.2, 0.25) is 10.0 Å². The Morgan fingerprint density at radius 2 is 1.55 bits per heavy atom. The average Bonchev–Trinajstić information content (AvgIpc) is 1.85. The molecule has 0 aliphatic carbocycles. The minimum atomic E-state index is 0.385. The van der Waals surface area contributed by atoms with Crippen LogP contribution in [0.4, 0.5) is 0 Å². The maximum absolute atomic E-state index is 5.94. The van der Waals surface area contributed by atoms with Gasteiger partial charge in [0.1, 0.15) is 0 Å². The molecular weight excluding hydrogens is 179 g/mol. The van der Waals surface area contributed by atoms with E-state index in [1.807, 2.05) is 18.2 Å². The van der Waals surface area contributed by atoms with E-state index >= 15 is 0 Å². The van der Waals surface area contributed by atoms with Gasteiger partial charge in [-0.25, -0.2) is 0 Å². The van der Waals surface area contributed by atoms with E-state index in [9.17, 15) is 0 Å². The van der Waals surface area contributed by atoms with Crippen LogP contribution in [0, 0.1) is 0 Å². The normalized spacial score (nSPS) is 10.6. The molecule has 2 heteroatoms. The lowest BCUT2D eigenvalue weighted by atomic mass is 10.0. The highest BCUT2D eigenvalue weighted by atomic mass is 35.5. The first-order valence-corrected chi connectivity index (χ1v) is 4.32. The summed E-state index contributed by atoms with van der Waals surface area (Å²) in [6, 6.07) is 5.59. The Kier molecular flexibility index (Phi) is 2.80. The molecule has 0 N–H and O–H groups in total. The van der Waals surface area contributed by atoms with Crippen LogP contribution in [-0.4, -0.2) is 0 Å². The summed E-state index contributed by atoms with van der Waals surface area (Å²) in [6.07, 6.45) is 0. The van der Waals surface area contributed by atoms with E-state index in [4.69, 9.17) is 23.2 Å². The number of hydrogen-bond acceptors (Lipinski definition) is 0. The molecule has 0 atom stereocenters. The summed E-state index contributed by atoms with van der Waals surface area (Å²) < 4.78 is 0. The Bertz CT molecular complexity index is 233. The molecule has 11 heavy (non-hydrogen) atoms. The van der Waals surface area contributed by atoms with Crippen molar-refractivity contribution in [3.8, 4) is 0 Å². The second kappa shape index (κ2) is 3.46. The summed E-state index contributed by atoms with van der Waals surface area (Å²) in [5, 5.41) is 1.51. The SMILES string of the molecule is CC(C)c1c(Cl)cccc1Cl. The van der Waals surface area contributed by atoms with Gasteiger partial charge in [0.15, 0.2) is 0 Å². The van der Waals surface area contributed by atoms with Gasteiger partial charge < -0.3 is 0 Å². The molecule has 0 aliphatic rings. The van der Waals surface area contributed by atoms with E-state index in [1.165, 1.54) is 0 Å². The lowest BCUT2D eigenvalue weighted by Crippen LogP contribution is -1.89. The maximum Gasteiger partial charge on any atom is 0.0455 e. The van der Waals surface area contributed by atoms with Gasteiger partial charge in [-0.3, -0.25) is 0 Å². The van der Waals surface area contributed by atoms with Crippen molar-refractivity contribution in [1.82, 2.24) is 0 Å². The zero-order chi connectivity index (χ0) is 8.43. The monoisotopic (exact) mass is 188 g/mol. The zero-order valence-corrected chi connectivity index (χ0v) is 8.08. The molecular formula is C9H10Cl2. The van der Waals surface area contributed by atoms with Crippen LogP contribution in [0.3, 0.4) is 0 Å². The molecule has 0 aliphatic heterocycles. The highest BCUT2D eigenvalue weighted by Gasteiger charge is 2.07. The third-order valence-corrected chi connectivity index (χ3v) is 2.24. The molecule has 0 amide bonds.